The Morgan fingerprint density at radius 2 is 1.81 bits per heavy atom. The molecule has 0 fully saturated rings. The molecule has 4 heterocycles. The van der Waals surface area contributed by atoms with Crippen LogP contribution >= 0.6 is 0 Å². The van der Waals surface area contributed by atoms with Gasteiger partial charge in [0.15, 0.2) is 0 Å². The standard InChI is InChI=1S/C26H22N6/c1-16-6-4-8-18-17(14-29-23(16)18)11-13-28-26-30-15-21-19-7-2-3-10-22(19)31-25-20(24(21)32-26)9-5-12-27-25/h2-10,12,14-15,29H,11,13H2,1H3,(H,27,31)(H,28,30,32). The first-order valence-electron chi connectivity index (χ1n) is 10.8. The smallest absolute Gasteiger partial charge is 0.223 e. The van der Waals surface area contributed by atoms with E-state index in [9.17, 15) is 0 Å². The van der Waals surface area contributed by atoms with Crippen molar-refractivity contribution in [3.8, 4) is 22.4 Å². The predicted molar refractivity (Wildman–Crippen MR) is 129 cm³/mol. The predicted octanol–water partition coefficient (Wildman–Crippen LogP) is 5.71. The Morgan fingerprint density at radius 3 is 2.78 bits per heavy atom. The van der Waals surface area contributed by atoms with Crippen LogP contribution in [0.3, 0.4) is 0 Å². The normalized spacial score (nSPS) is 11.8. The average molecular weight is 419 g/mol. The molecule has 2 aromatic carbocycles. The molecule has 1 aliphatic heterocycles. The van der Waals surface area contributed by atoms with Gasteiger partial charge in [-0.25, -0.2) is 15.0 Å². The third-order valence-corrected chi connectivity index (χ3v) is 6.01. The van der Waals surface area contributed by atoms with Gasteiger partial charge in [0, 0.05) is 58.4 Å². The van der Waals surface area contributed by atoms with Gasteiger partial charge in [-0.15, -0.1) is 0 Å². The number of aromatic nitrogens is 4. The van der Waals surface area contributed by atoms with E-state index in [4.69, 9.17) is 4.98 Å². The second kappa shape index (κ2) is 7.50. The first-order valence-corrected chi connectivity index (χ1v) is 10.8. The van der Waals surface area contributed by atoms with Crippen LogP contribution in [0.2, 0.25) is 0 Å². The van der Waals surface area contributed by atoms with E-state index in [0.29, 0.717) is 5.95 Å². The molecule has 0 saturated heterocycles. The van der Waals surface area contributed by atoms with E-state index in [1.807, 2.05) is 30.5 Å². The molecule has 6 rings (SSSR count). The number of aromatic amines is 1. The summed E-state index contributed by atoms with van der Waals surface area (Å²) in [6.45, 7) is 2.87. The highest BCUT2D eigenvalue weighted by Gasteiger charge is 2.21. The molecule has 3 aromatic heterocycles. The third kappa shape index (κ3) is 3.08. The number of pyridine rings is 1. The Bertz CT molecular complexity index is 1450. The van der Waals surface area contributed by atoms with Gasteiger partial charge in [0.25, 0.3) is 0 Å². The maximum absolute atomic E-state index is 4.90. The summed E-state index contributed by atoms with van der Waals surface area (Å²) in [4.78, 5) is 17.5. The SMILES string of the molecule is Cc1cccc2c(CCNc3ncc4c(n3)-c3cccnc3Nc3ccccc3-4)c[nH]c12. The Balaban J connectivity index is 1.31. The fourth-order valence-electron chi connectivity index (χ4n) is 4.40. The van der Waals surface area contributed by atoms with E-state index in [2.05, 4.69) is 69.0 Å². The van der Waals surface area contributed by atoms with Gasteiger partial charge >= 0.3 is 0 Å². The summed E-state index contributed by atoms with van der Waals surface area (Å²) in [5, 5.41) is 8.14. The first-order chi connectivity index (χ1) is 15.8. The molecule has 0 amide bonds. The topological polar surface area (TPSA) is 78.5 Å². The van der Waals surface area contributed by atoms with Crippen LogP contribution in [0.1, 0.15) is 11.1 Å². The van der Waals surface area contributed by atoms with Crippen molar-refractivity contribution in [3.63, 3.8) is 0 Å². The largest absolute Gasteiger partial charge is 0.361 e. The summed E-state index contributed by atoms with van der Waals surface area (Å²) in [6.07, 6.45) is 6.68. The summed E-state index contributed by atoms with van der Waals surface area (Å²) in [5.41, 5.74) is 8.68. The quantitative estimate of drug-likeness (QED) is 0.342. The molecule has 0 spiro atoms. The van der Waals surface area contributed by atoms with Gasteiger partial charge in [-0.1, -0.05) is 36.4 Å². The molecule has 6 nitrogen and oxygen atoms in total. The minimum atomic E-state index is 0.619. The number of aryl methyl sites for hydroxylation is 1. The highest BCUT2D eigenvalue weighted by atomic mass is 15.1. The van der Waals surface area contributed by atoms with Crippen molar-refractivity contribution in [2.24, 2.45) is 0 Å². The molecule has 156 valence electrons. The molecule has 0 bridgehead atoms. The number of rotatable bonds is 4. The monoisotopic (exact) mass is 418 g/mol. The van der Waals surface area contributed by atoms with E-state index < -0.39 is 0 Å². The number of para-hydroxylation sites is 2. The Hall–Kier alpha value is -4.19. The molecule has 0 unspecified atom stereocenters. The molecule has 0 saturated carbocycles. The van der Waals surface area contributed by atoms with Crippen LogP contribution in [-0.4, -0.2) is 26.5 Å². The summed E-state index contributed by atoms with van der Waals surface area (Å²) in [7, 11) is 0. The number of fused-ring (bicyclic) bond motifs is 6. The minimum Gasteiger partial charge on any atom is -0.361 e. The lowest BCUT2D eigenvalue weighted by Crippen LogP contribution is -2.08. The average Bonchev–Trinajstić information content (AvgIpc) is 3.18. The Morgan fingerprint density at radius 1 is 0.906 bits per heavy atom. The minimum absolute atomic E-state index is 0.619. The van der Waals surface area contributed by atoms with Gasteiger partial charge in [-0.2, -0.15) is 0 Å². The molecule has 6 heteroatoms. The zero-order valence-corrected chi connectivity index (χ0v) is 17.7. The first kappa shape index (κ1) is 18.6. The van der Waals surface area contributed by atoms with Gasteiger partial charge in [0.1, 0.15) is 5.82 Å². The van der Waals surface area contributed by atoms with Crippen molar-refractivity contribution in [2.45, 2.75) is 13.3 Å². The van der Waals surface area contributed by atoms with Gasteiger partial charge in [0.05, 0.1) is 5.69 Å². The fraction of sp³-hybridized carbons (Fsp3) is 0.115. The molecule has 1 aliphatic rings. The van der Waals surface area contributed by atoms with E-state index in [0.717, 1.165) is 46.9 Å². The second-order valence-electron chi connectivity index (χ2n) is 8.01. The van der Waals surface area contributed by atoms with Crippen molar-refractivity contribution in [1.82, 2.24) is 19.9 Å². The number of anilines is 3. The molecule has 0 atom stereocenters. The van der Waals surface area contributed by atoms with E-state index in [1.165, 1.54) is 22.0 Å². The van der Waals surface area contributed by atoms with Gasteiger partial charge in [0.2, 0.25) is 5.95 Å². The second-order valence-corrected chi connectivity index (χ2v) is 8.01. The van der Waals surface area contributed by atoms with Crippen molar-refractivity contribution < 1.29 is 0 Å². The fourth-order valence-corrected chi connectivity index (χ4v) is 4.40. The number of nitrogens with one attached hydrogen (secondary N) is 3. The number of hydrogen-bond donors (Lipinski definition) is 3. The van der Waals surface area contributed by atoms with E-state index >= 15 is 0 Å². The molecule has 3 N–H and O–H groups in total. The van der Waals surface area contributed by atoms with Crippen LogP contribution in [0.15, 0.2) is 73.2 Å². The summed E-state index contributed by atoms with van der Waals surface area (Å²) >= 11 is 0. The lowest BCUT2D eigenvalue weighted by atomic mass is 10.0. The van der Waals surface area contributed by atoms with Crippen LogP contribution in [0.5, 0.6) is 0 Å². The van der Waals surface area contributed by atoms with Crippen LogP contribution in [-0.2, 0) is 6.42 Å². The van der Waals surface area contributed by atoms with Crippen molar-refractivity contribution in [2.75, 3.05) is 17.2 Å². The Kier molecular flexibility index (Phi) is 4.35. The summed E-state index contributed by atoms with van der Waals surface area (Å²) in [5.74, 6) is 1.42. The number of benzene rings is 2. The van der Waals surface area contributed by atoms with Gasteiger partial charge in [-0.3, -0.25) is 0 Å². The van der Waals surface area contributed by atoms with Crippen LogP contribution in [0, 0.1) is 6.92 Å². The number of hydrogen-bond acceptors (Lipinski definition) is 5. The van der Waals surface area contributed by atoms with Gasteiger partial charge in [-0.05, 0) is 42.7 Å². The maximum atomic E-state index is 4.90. The van der Waals surface area contributed by atoms with Crippen LogP contribution in [0.25, 0.3) is 33.3 Å². The van der Waals surface area contributed by atoms with E-state index in [1.54, 1.807) is 6.20 Å². The zero-order chi connectivity index (χ0) is 21.5. The molecule has 5 aromatic rings. The van der Waals surface area contributed by atoms with Gasteiger partial charge < -0.3 is 15.6 Å². The zero-order valence-electron chi connectivity index (χ0n) is 17.7. The van der Waals surface area contributed by atoms with Crippen LogP contribution < -0.4 is 10.6 Å². The summed E-state index contributed by atoms with van der Waals surface area (Å²) < 4.78 is 0. The van der Waals surface area contributed by atoms with Crippen LogP contribution in [0.4, 0.5) is 17.5 Å². The Labute approximate surface area is 185 Å². The molecular formula is C26H22N6. The number of H-pyrrole nitrogens is 1. The highest BCUT2D eigenvalue weighted by molar-refractivity contribution is 5.95. The van der Waals surface area contributed by atoms with Crippen molar-refractivity contribution >= 4 is 28.4 Å². The molecule has 0 aliphatic carbocycles. The maximum Gasteiger partial charge on any atom is 0.223 e. The lowest BCUT2D eigenvalue weighted by molar-refractivity contribution is 0.992. The van der Waals surface area contributed by atoms with E-state index in [-0.39, 0.29) is 0 Å². The highest BCUT2D eigenvalue weighted by Crippen LogP contribution is 2.42. The third-order valence-electron chi connectivity index (χ3n) is 6.01. The summed E-state index contributed by atoms with van der Waals surface area (Å²) in [6, 6.07) is 18.6. The molecule has 0 radical (unpaired) electrons. The van der Waals surface area contributed by atoms with Crippen molar-refractivity contribution in [3.05, 3.63) is 84.3 Å². The lowest BCUT2D eigenvalue weighted by Gasteiger charge is -2.11. The molecular weight excluding hydrogens is 396 g/mol. The molecule has 32 heavy (non-hydrogen) atoms. The van der Waals surface area contributed by atoms with Crippen molar-refractivity contribution in [1.29, 1.82) is 0 Å². The number of nitrogens with zero attached hydrogens (tertiary/aromatic N) is 3.